The molecule has 1 aliphatic rings. The number of nitrogens with zero attached hydrogens (tertiary/aromatic N) is 2. The van der Waals surface area contributed by atoms with E-state index in [-0.39, 0.29) is 19.0 Å². The van der Waals surface area contributed by atoms with Gasteiger partial charge in [-0.25, -0.2) is 8.42 Å². The largest absolute Gasteiger partial charge is 0.496 e. The van der Waals surface area contributed by atoms with Gasteiger partial charge < -0.3 is 19.5 Å². The molecule has 1 aliphatic heterocycles. The summed E-state index contributed by atoms with van der Waals surface area (Å²) >= 11 is 0. The highest BCUT2D eigenvalue weighted by Crippen LogP contribution is 2.34. The molecule has 1 amide bonds. The second-order valence-electron chi connectivity index (χ2n) is 8.22. The van der Waals surface area contributed by atoms with E-state index in [0.717, 1.165) is 16.7 Å². The normalized spacial score (nSPS) is 15.1. The third kappa shape index (κ3) is 5.81. The number of hydrogen-bond acceptors (Lipinski definition) is 7. The molecule has 2 aromatic carbocycles. The molecule has 0 aliphatic carbocycles. The van der Waals surface area contributed by atoms with E-state index in [9.17, 15) is 13.2 Å². The van der Waals surface area contributed by atoms with Crippen LogP contribution < -0.4 is 19.5 Å². The molecule has 1 fully saturated rings. The summed E-state index contributed by atoms with van der Waals surface area (Å²) in [7, 11) is 1.10. The number of rotatable bonds is 9. The molecule has 10 heteroatoms. The van der Waals surface area contributed by atoms with Crippen molar-refractivity contribution in [2.24, 2.45) is 0 Å². The zero-order valence-corrected chi connectivity index (χ0v) is 21.2. The smallest absolute Gasteiger partial charge is 0.243 e. The standard InChI is InChI=1S/C24H33N3O6S/c1-17-6-7-20(12-18(17)2)34(29,30)27-10-8-26(9-11-27)16-24(28)25-15-19-13-22(32-4)23(33-5)14-21(19)31-3/h6-7,12-14H,8-11,15-16H2,1-5H3,(H,25,28). The fraction of sp³-hybridized carbons (Fsp3) is 0.458. The number of nitrogens with one attached hydrogen (secondary N) is 1. The van der Waals surface area contributed by atoms with Crippen molar-refractivity contribution in [2.45, 2.75) is 25.3 Å². The van der Waals surface area contributed by atoms with Crippen molar-refractivity contribution < 1.29 is 27.4 Å². The van der Waals surface area contributed by atoms with Crippen molar-refractivity contribution in [3.63, 3.8) is 0 Å². The molecule has 1 N–H and O–H groups in total. The maximum Gasteiger partial charge on any atom is 0.243 e. The molecule has 3 rings (SSSR count). The van der Waals surface area contributed by atoms with Gasteiger partial charge in [-0.3, -0.25) is 9.69 Å². The summed E-state index contributed by atoms with van der Waals surface area (Å²) in [6.45, 7) is 5.96. The van der Waals surface area contributed by atoms with Gasteiger partial charge in [0.15, 0.2) is 11.5 Å². The number of carbonyl (C=O) groups excluding carboxylic acids is 1. The van der Waals surface area contributed by atoms with Crippen LogP contribution in [0.5, 0.6) is 17.2 Å². The molecule has 0 aromatic heterocycles. The highest BCUT2D eigenvalue weighted by molar-refractivity contribution is 7.89. The van der Waals surface area contributed by atoms with Crippen LogP contribution in [0.2, 0.25) is 0 Å². The Kier molecular flexibility index (Phi) is 8.40. The highest BCUT2D eigenvalue weighted by atomic mass is 32.2. The molecule has 0 saturated carbocycles. The number of sulfonamides is 1. The first-order valence-electron chi connectivity index (χ1n) is 11.0. The molecule has 0 spiro atoms. The lowest BCUT2D eigenvalue weighted by atomic mass is 10.1. The van der Waals surface area contributed by atoms with E-state index in [0.29, 0.717) is 48.3 Å². The number of carbonyl (C=O) groups is 1. The molecule has 0 unspecified atom stereocenters. The summed E-state index contributed by atoms with van der Waals surface area (Å²) in [6.07, 6.45) is 0. The second-order valence-corrected chi connectivity index (χ2v) is 10.2. The molecule has 186 valence electrons. The Morgan fingerprint density at radius 3 is 2.09 bits per heavy atom. The number of hydrogen-bond donors (Lipinski definition) is 1. The number of piperazine rings is 1. The van der Waals surface area contributed by atoms with E-state index in [1.165, 1.54) is 4.31 Å². The Balaban J connectivity index is 1.55. The minimum atomic E-state index is -3.55. The van der Waals surface area contributed by atoms with Gasteiger partial charge in [-0.15, -0.1) is 0 Å². The predicted molar refractivity (Wildman–Crippen MR) is 129 cm³/mol. The average molecular weight is 492 g/mol. The Morgan fingerprint density at radius 1 is 0.882 bits per heavy atom. The summed E-state index contributed by atoms with van der Waals surface area (Å²) in [6, 6.07) is 8.69. The summed E-state index contributed by atoms with van der Waals surface area (Å²) < 4.78 is 43.5. The Labute approximate surface area is 201 Å². The van der Waals surface area contributed by atoms with E-state index in [2.05, 4.69) is 5.32 Å². The van der Waals surface area contributed by atoms with Crippen LogP contribution in [-0.4, -0.2) is 77.6 Å². The number of ether oxygens (including phenoxy) is 3. The van der Waals surface area contributed by atoms with Gasteiger partial charge in [0.2, 0.25) is 15.9 Å². The first-order valence-corrected chi connectivity index (χ1v) is 12.5. The molecule has 9 nitrogen and oxygen atoms in total. The van der Waals surface area contributed by atoms with Crippen LogP contribution in [-0.2, 0) is 21.4 Å². The second kappa shape index (κ2) is 11.1. The van der Waals surface area contributed by atoms with E-state index < -0.39 is 10.0 Å². The average Bonchev–Trinajstić information content (AvgIpc) is 2.84. The fourth-order valence-electron chi connectivity index (χ4n) is 3.83. The lowest BCUT2D eigenvalue weighted by molar-refractivity contribution is -0.122. The van der Waals surface area contributed by atoms with E-state index >= 15 is 0 Å². The van der Waals surface area contributed by atoms with Crippen LogP contribution in [0.4, 0.5) is 0 Å². The Hall–Kier alpha value is -2.82. The molecule has 0 bridgehead atoms. The summed E-state index contributed by atoms with van der Waals surface area (Å²) in [4.78, 5) is 14.8. The van der Waals surface area contributed by atoms with Crippen LogP contribution in [0.1, 0.15) is 16.7 Å². The van der Waals surface area contributed by atoms with Crippen molar-refractivity contribution in [1.82, 2.24) is 14.5 Å². The van der Waals surface area contributed by atoms with Gasteiger partial charge in [-0.2, -0.15) is 4.31 Å². The van der Waals surface area contributed by atoms with Gasteiger partial charge in [0.1, 0.15) is 5.75 Å². The quantitative estimate of drug-likeness (QED) is 0.573. The van der Waals surface area contributed by atoms with Gasteiger partial charge in [0.05, 0.1) is 32.8 Å². The van der Waals surface area contributed by atoms with Crippen molar-refractivity contribution in [3.05, 3.63) is 47.0 Å². The maximum absolute atomic E-state index is 13.0. The molecule has 0 atom stereocenters. The maximum atomic E-state index is 13.0. The summed E-state index contributed by atoms with van der Waals surface area (Å²) in [5.41, 5.74) is 2.76. The number of aryl methyl sites for hydroxylation is 2. The lowest BCUT2D eigenvalue weighted by Gasteiger charge is -2.33. The van der Waals surface area contributed by atoms with Gasteiger partial charge in [0.25, 0.3) is 0 Å². The third-order valence-corrected chi connectivity index (χ3v) is 7.97. The van der Waals surface area contributed by atoms with Crippen molar-refractivity contribution in [2.75, 3.05) is 54.1 Å². The van der Waals surface area contributed by atoms with Crippen LogP contribution in [0.15, 0.2) is 35.2 Å². The minimum absolute atomic E-state index is 0.151. The molecule has 34 heavy (non-hydrogen) atoms. The summed E-state index contributed by atoms with van der Waals surface area (Å²) in [5, 5.41) is 2.90. The number of amides is 1. The molecule has 1 heterocycles. The zero-order valence-electron chi connectivity index (χ0n) is 20.4. The number of methoxy groups -OCH3 is 3. The van der Waals surface area contributed by atoms with Crippen LogP contribution in [0, 0.1) is 13.8 Å². The van der Waals surface area contributed by atoms with Crippen LogP contribution in [0.25, 0.3) is 0 Å². The third-order valence-electron chi connectivity index (χ3n) is 6.08. The van der Waals surface area contributed by atoms with E-state index in [1.54, 1.807) is 45.6 Å². The Morgan fingerprint density at radius 2 is 1.50 bits per heavy atom. The van der Waals surface area contributed by atoms with Gasteiger partial charge in [0, 0.05) is 44.4 Å². The monoisotopic (exact) mass is 491 g/mol. The SMILES string of the molecule is COc1cc(OC)c(OC)cc1CNC(=O)CN1CCN(S(=O)(=O)c2ccc(C)c(C)c2)CC1. The van der Waals surface area contributed by atoms with Crippen LogP contribution >= 0.6 is 0 Å². The molecular formula is C24H33N3O6S. The Bertz CT molecular complexity index is 1130. The van der Waals surface area contributed by atoms with Gasteiger partial charge in [-0.1, -0.05) is 6.07 Å². The summed E-state index contributed by atoms with van der Waals surface area (Å²) in [5.74, 6) is 1.53. The van der Waals surface area contributed by atoms with Crippen molar-refractivity contribution in [3.8, 4) is 17.2 Å². The van der Waals surface area contributed by atoms with Crippen LogP contribution in [0.3, 0.4) is 0 Å². The van der Waals surface area contributed by atoms with E-state index in [4.69, 9.17) is 14.2 Å². The zero-order chi connectivity index (χ0) is 24.9. The lowest BCUT2D eigenvalue weighted by Crippen LogP contribution is -2.51. The van der Waals surface area contributed by atoms with Gasteiger partial charge in [-0.05, 0) is 43.2 Å². The predicted octanol–water partition coefficient (Wildman–Crippen LogP) is 1.95. The topological polar surface area (TPSA) is 97.4 Å². The molecule has 1 saturated heterocycles. The van der Waals surface area contributed by atoms with Crippen molar-refractivity contribution in [1.29, 1.82) is 0 Å². The fourth-order valence-corrected chi connectivity index (χ4v) is 5.34. The highest BCUT2D eigenvalue weighted by Gasteiger charge is 2.29. The minimum Gasteiger partial charge on any atom is -0.496 e. The van der Waals surface area contributed by atoms with Crippen molar-refractivity contribution >= 4 is 15.9 Å². The van der Waals surface area contributed by atoms with E-state index in [1.807, 2.05) is 24.8 Å². The molecule has 2 aromatic rings. The first-order chi connectivity index (χ1) is 16.2. The first kappa shape index (κ1) is 25.8. The molecule has 0 radical (unpaired) electrons. The molecular weight excluding hydrogens is 458 g/mol. The van der Waals surface area contributed by atoms with Gasteiger partial charge >= 0.3 is 0 Å². The number of benzene rings is 2.